The van der Waals surface area contributed by atoms with Gasteiger partial charge in [-0.05, 0) is 17.8 Å². The Morgan fingerprint density at radius 3 is 2.56 bits per heavy atom. The first-order valence-electron chi connectivity index (χ1n) is 6.29. The molecule has 16 heavy (non-hydrogen) atoms. The lowest BCUT2D eigenvalue weighted by Gasteiger charge is -2.24. The van der Waals surface area contributed by atoms with E-state index in [9.17, 15) is 4.79 Å². The van der Waals surface area contributed by atoms with Gasteiger partial charge >= 0.3 is 0 Å². The summed E-state index contributed by atoms with van der Waals surface area (Å²) in [5.41, 5.74) is -0.0155. The first-order valence-corrected chi connectivity index (χ1v) is 6.29. The Morgan fingerprint density at radius 1 is 1.44 bits per heavy atom. The summed E-state index contributed by atoms with van der Waals surface area (Å²) >= 11 is 0. The van der Waals surface area contributed by atoms with Crippen molar-refractivity contribution in [3.63, 3.8) is 0 Å². The smallest absolute Gasteiger partial charge is 0.220 e. The van der Waals surface area contributed by atoms with Gasteiger partial charge in [-0.3, -0.25) is 4.79 Å². The molecule has 0 aliphatic heterocycles. The van der Waals surface area contributed by atoms with E-state index in [1.54, 1.807) is 0 Å². The van der Waals surface area contributed by atoms with E-state index in [4.69, 9.17) is 5.11 Å². The Bertz CT molecular complexity index is 202. The minimum Gasteiger partial charge on any atom is -0.396 e. The summed E-state index contributed by atoms with van der Waals surface area (Å²) in [4.78, 5) is 11.6. The van der Waals surface area contributed by atoms with Crippen LogP contribution in [0.15, 0.2) is 0 Å². The molecule has 1 amide bonds. The maximum atomic E-state index is 11.6. The highest BCUT2D eigenvalue weighted by Crippen LogP contribution is 2.18. The van der Waals surface area contributed by atoms with Gasteiger partial charge in [0.15, 0.2) is 0 Å². The maximum absolute atomic E-state index is 11.6. The molecule has 0 aliphatic carbocycles. The fourth-order valence-corrected chi connectivity index (χ4v) is 1.71. The predicted molar refractivity (Wildman–Crippen MR) is 67.2 cm³/mol. The molecule has 2 N–H and O–H groups in total. The third kappa shape index (κ3) is 7.69. The summed E-state index contributed by atoms with van der Waals surface area (Å²) in [6.07, 6.45) is 3.57. The number of aliphatic hydroxyl groups is 1. The normalized spacial score (nSPS) is 13.6. The molecule has 0 radical (unpaired) electrons. The van der Waals surface area contributed by atoms with Gasteiger partial charge in [-0.2, -0.15) is 0 Å². The molecule has 0 rings (SSSR count). The summed E-state index contributed by atoms with van der Waals surface area (Å²) in [7, 11) is 0. The van der Waals surface area contributed by atoms with E-state index >= 15 is 0 Å². The average molecular weight is 229 g/mol. The molecule has 0 saturated carbocycles. The van der Waals surface area contributed by atoms with Gasteiger partial charge in [0.2, 0.25) is 5.91 Å². The summed E-state index contributed by atoms with van der Waals surface area (Å²) in [5, 5.41) is 11.8. The van der Waals surface area contributed by atoms with Crippen LogP contribution in [0.25, 0.3) is 0 Å². The highest BCUT2D eigenvalue weighted by atomic mass is 16.3. The predicted octanol–water partition coefficient (Wildman–Crippen LogP) is 2.34. The maximum Gasteiger partial charge on any atom is 0.220 e. The standard InChI is InChI=1S/C13H27NO2/c1-5-6-11(2)9-12(16)14-10-13(3,4)7-8-15/h11,15H,5-10H2,1-4H3,(H,14,16). The van der Waals surface area contributed by atoms with E-state index in [0.29, 0.717) is 18.9 Å². The van der Waals surface area contributed by atoms with Crippen molar-refractivity contribution in [3.8, 4) is 0 Å². The van der Waals surface area contributed by atoms with Crippen LogP contribution < -0.4 is 5.32 Å². The topological polar surface area (TPSA) is 49.3 Å². The minimum absolute atomic E-state index is 0.0155. The fourth-order valence-electron chi connectivity index (χ4n) is 1.71. The first-order chi connectivity index (χ1) is 7.41. The number of carbonyl (C=O) groups excluding carboxylic acids is 1. The van der Waals surface area contributed by atoms with Gasteiger partial charge in [-0.15, -0.1) is 0 Å². The molecule has 3 nitrogen and oxygen atoms in total. The van der Waals surface area contributed by atoms with Crippen LogP contribution in [0.3, 0.4) is 0 Å². The molecule has 0 aromatic heterocycles. The van der Waals surface area contributed by atoms with Crippen molar-refractivity contribution in [1.82, 2.24) is 5.32 Å². The van der Waals surface area contributed by atoms with E-state index in [0.717, 1.165) is 19.3 Å². The molecule has 0 spiro atoms. The number of hydrogen-bond acceptors (Lipinski definition) is 2. The fraction of sp³-hybridized carbons (Fsp3) is 0.923. The van der Waals surface area contributed by atoms with E-state index in [2.05, 4.69) is 33.0 Å². The highest BCUT2D eigenvalue weighted by molar-refractivity contribution is 5.76. The van der Waals surface area contributed by atoms with Gasteiger partial charge in [-0.1, -0.05) is 40.5 Å². The third-order valence-corrected chi connectivity index (χ3v) is 2.87. The van der Waals surface area contributed by atoms with Crippen LogP contribution in [-0.4, -0.2) is 24.2 Å². The average Bonchev–Trinajstić information content (AvgIpc) is 2.15. The molecular formula is C13H27NO2. The van der Waals surface area contributed by atoms with Gasteiger partial charge in [0, 0.05) is 19.6 Å². The molecule has 0 saturated heterocycles. The third-order valence-electron chi connectivity index (χ3n) is 2.87. The molecule has 0 aliphatic rings. The number of amides is 1. The van der Waals surface area contributed by atoms with Crippen molar-refractivity contribution in [2.24, 2.45) is 11.3 Å². The molecular weight excluding hydrogens is 202 g/mol. The van der Waals surface area contributed by atoms with E-state index in [-0.39, 0.29) is 17.9 Å². The van der Waals surface area contributed by atoms with Crippen LogP contribution in [0.5, 0.6) is 0 Å². The molecule has 3 heteroatoms. The minimum atomic E-state index is -0.0155. The summed E-state index contributed by atoms with van der Waals surface area (Å²) in [5.74, 6) is 0.595. The van der Waals surface area contributed by atoms with Crippen LogP contribution >= 0.6 is 0 Å². The Morgan fingerprint density at radius 2 is 2.06 bits per heavy atom. The first kappa shape index (κ1) is 15.4. The molecule has 0 heterocycles. The largest absolute Gasteiger partial charge is 0.396 e. The van der Waals surface area contributed by atoms with Crippen molar-refractivity contribution in [2.75, 3.05) is 13.2 Å². The quantitative estimate of drug-likeness (QED) is 0.671. The zero-order chi connectivity index (χ0) is 12.6. The number of hydrogen-bond donors (Lipinski definition) is 2. The zero-order valence-electron chi connectivity index (χ0n) is 11.2. The van der Waals surface area contributed by atoms with Crippen molar-refractivity contribution in [2.45, 2.75) is 53.4 Å². The number of carbonyl (C=O) groups is 1. The Labute approximate surface area is 99.6 Å². The molecule has 96 valence electrons. The molecule has 1 unspecified atom stereocenters. The van der Waals surface area contributed by atoms with Gasteiger partial charge in [0.1, 0.15) is 0 Å². The number of aliphatic hydroxyl groups excluding tert-OH is 1. The molecule has 0 aromatic rings. The van der Waals surface area contributed by atoms with Crippen LogP contribution in [0.1, 0.15) is 53.4 Å². The second kappa shape index (κ2) is 7.66. The van der Waals surface area contributed by atoms with Crippen LogP contribution in [0, 0.1) is 11.3 Å². The van der Waals surface area contributed by atoms with E-state index in [1.807, 2.05) is 0 Å². The van der Waals surface area contributed by atoms with Gasteiger partial charge in [-0.25, -0.2) is 0 Å². The lowest BCUT2D eigenvalue weighted by molar-refractivity contribution is -0.122. The highest BCUT2D eigenvalue weighted by Gasteiger charge is 2.18. The molecule has 0 aromatic carbocycles. The van der Waals surface area contributed by atoms with Gasteiger partial charge < -0.3 is 10.4 Å². The van der Waals surface area contributed by atoms with Crippen molar-refractivity contribution in [1.29, 1.82) is 0 Å². The van der Waals surface area contributed by atoms with Crippen molar-refractivity contribution in [3.05, 3.63) is 0 Å². The van der Waals surface area contributed by atoms with Gasteiger partial charge in [0.05, 0.1) is 0 Å². The van der Waals surface area contributed by atoms with Crippen LogP contribution in [0.2, 0.25) is 0 Å². The zero-order valence-corrected chi connectivity index (χ0v) is 11.2. The van der Waals surface area contributed by atoms with Crippen LogP contribution in [0.4, 0.5) is 0 Å². The molecule has 0 bridgehead atoms. The Balaban J connectivity index is 3.80. The van der Waals surface area contributed by atoms with Crippen molar-refractivity contribution >= 4 is 5.91 Å². The van der Waals surface area contributed by atoms with Crippen LogP contribution in [-0.2, 0) is 4.79 Å². The lowest BCUT2D eigenvalue weighted by Crippen LogP contribution is -2.35. The van der Waals surface area contributed by atoms with Crippen molar-refractivity contribution < 1.29 is 9.90 Å². The number of rotatable bonds is 8. The summed E-state index contributed by atoms with van der Waals surface area (Å²) < 4.78 is 0. The summed E-state index contributed by atoms with van der Waals surface area (Å²) in [6, 6.07) is 0. The van der Waals surface area contributed by atoms with E-state index < -0.39 is 0 Å². The van der Waals surface area contributed by atoms with Gasteiger partial charge in [0.25, 0.3) is 0 Å². The monoisotopic (exact) mass is 229 g/mol. The lowest BCUT2D eigenvalue weighted by atomic mass is 9.89. The second-order valence-electron chi connectivity index (χ2n) is 5.51. The molecule has 0 fully saturated rings. The SMILES string of the molecule is CCCC(C)CC(=O)NCC(C)(C)CCO. The molecule has 1 atom stereocenters. The Hall–Kier alpha value is -0.570. The second-order valence-corrected chi connectivity index (χ2v) is 5.51. The number of nitrogens with one attached hydrogen (secondary N) is 1. The summed E-state index contributed by atoms with van der Waals surface area (Å²) in [6.45, 7) is 9.18. The Kier molecular flexibility index (Phi) is 7.39. The van der Waals surface area contributed by atoms with E-state index in [1.165, 1.54) is 0 Å².